The van der Waals surface area contributed by atoms with Crippen LogP contribution in [0, 0.1) is 11.6 Å². The first-order chi connectivity index (χ1) is 9.34. The molecule has 1 aromatic rings. The van der Waals surface area contributed by atoms with E-state index >= 15 is 0 Å². The molecular weight excluding hydrogens is 286 g/mol. The van der Waals surface area contributed by atoms with E-state index < -0.39 is 37.6 Å². The molecule has 6 heteroatoms. The standard InChI is InChI=1S/C14H16F2O3S/c15-12-6-2-5-11(13(12)16)14(17)7-9-3-1-4-10(8-14)20(9,18)19/h2,5-6,9-10,17H,1,3-4,7-8H2. The third-order valence-electron chi connectivity index (χ3n) is 4.57. The predicted octanol–water partition coefficient (Wildman–Crippen LogP) is 2.28. The van der Waals surface area contributed by atoms with Crippen LogP contribution >= 0.6 is 0 Å². The zero-order valence-corrected chi connectivity index (χ0v) is 11.7. The molecule has 110 valence electrons. The van der Waals surface area contributed by atoms with Crippen LogP contribution in [-0.2, 0) is 15.4 Å². The van der Waals surface area contributed by atoms with Crippen LogP contribution in [0.3, 0.4) is 0 Å². The quantitative estimate of drug-likeness (QED) is 0.866. The van der Waals surface area contributed by atoms with Crippen molar-refractivity contribution in [3.8, 4) is 0 Å². The molecule has 2 heterocycles. The van der Waals surface area contributed by atoms with Crippen LogP contribution in [0.25, 0.3) is 0 Å². The second-order valence-electron chi connectivity index (χ2n) is 5.81. The summed E-state index contributed by atoms with van der Waals surface area (Å²) in [5, 5.41) is 9.41. The minimum absolute atomic E-state index is 0.0494. The van der Waals surface area contributed by atoms with Crippen molar-refractivity contribution in [3.05, 3.63) is 35.4 Å². The minimum Gasteiger partial charge on any atom is -0.385 e. The molecule has 2 unspecified atom stereocenters. The molecule has 2 bridgehead atoms. The summed E-state index contributed by atoms with van der Waals surface area (Å²) in [5.74, 6) is -2.10. The Balaban J connectivity index is 2.04. The predicted molar refractivity (Wildman–Crippen MR) is 69.8 cm³/mol. The van der Waals surface area contributed by atoms with Gasteiger partial charge in [0.1, 0.15) is 0 Å². The second-order valence-corrected chi connectivity index (χ2v) is 8.32. The topological polar surface area (TPSA) is 54.4 Å². The third-order valence-corrected chi connectivity index (χ3v) is 7.23. The molecule has 0 saturated carbocycles. The van der Waals surface area contributed by atoms with Crippen LogP contribution in [0.15, 0.2) is 18.2 Å². The maximum Gasteiger partial charge on any atom is 0.164 e. The normalized spacial score (nSPS) is 35.8. The monoisotopic (exact) mass is 302 g/mol. The highest BCUT2D eigenvalue weighted by Gasteiger charge is 2.51. The summed E-state index contributed by atoms with van der Waals surface area (Å²) in [6.07, 6.45) is 1.67. The third kappa shape index (κ3) is 1.97. The van der Waals surface area contributed by atoms with E-state index in [-0.39, 0.29) is 18.4 Å². The van der Waals surface area contributed by atoms with Crippen molar-refractivity contribution in [1.82, 2.24) is 0 Å². The molecular formula is C14H16F2O3S. The fraction of sp³-hybridized carbons (Fsp3) is 0.571. The van der Waals surface area contributed by atoms with E-state index in [1.807, 2.05) is 0 Å². The summed E-state index contributed by atoms with van der Waals surface area (Å²) in [7, 11) is -3.24. The van der Waals surface area contributed by atoms with Crippen molar-refractivity contribution in [2.45, 2.75) is 48.2 Å². The Morgan fingerprint density at radius 3 is 2.35 bits per heavy atom. The lowest BCUT2D eigenvalue weighted by atomic mass is 9.80. The fourth-order valence-corrected chi connectivity index (χ4v) is 6.08. The van der Waals surface area contributed by atoms with Gasteiger partial charge in [-0.3, -0.25) is 0 Å². The van der Waals surface area contributed by atoms with Crippen molar-refractivity contribution >= 4 is 9.84 Å². The van der Waals surface area contributed by atoms with Crippen LogP contribution in [0.5, 0.6) is 0 Å². The molecule has 0 aromatic heterocycles. The van der Waals surface area contributed by atoms with Crippen LogP contribution in [-0.4, -0.2) is 24.0 Å². The first kappa shape index (κ1) is 13.9. The van der Waals surface area contributed by atoms with Crippen molar-refractivity contribution in [3.63, 3.8) is 0 Å². The van der Waals surface area contributed by atoms with Crippen LogP contribution < -0.4 is 0 Å². The van der Waals surface area contributed by atoms with Gasteiger partial charge in [0.25, 0.3) is 0 Å². The highest BCUT2D eigenvalue weighted by molar-refractivity contribution is 7.92. The SMILES string of the molecule is O=S1(=O)C2CCCC1CC(O)(c1cccc(F)c1F)C2. The summed E-state index contributed by atoms with van der Waals surface area (Å²) in [6, 6.07) is 3.67. The van der Waals surface area contributed by atoms with Crippen LogP contribution in [0.2, 0.25) is 0 Å². The average molecular weight is 302 g/mol. The second kappa shape index (κ2) is 4.49. The molecule has 2 fully saturated rings. The Labute approximate surface area is 116 Å². The van der Waals surface area contributed by atoms with Crippen molar-refractivity contribution < 1.29 is 22.3 Å². The number of sulfone groups is 1. The van der Waals surface area contributed by atoms with Crippen LogP contribution in [0.4, 0.5) is 8.78 Å². The molecule has 0 radical (unpaired) electrons. The van der Waals surface area contributed by atoms with Gasteiger partial charge in [-0.25, -0.2) is 17.2 Å². The Hall–Kier alpha value is -1.01. The first-order valence-electron chi connectivity index (χ1n) is 6.74. The maximum absolute atomic E-state index is 13.9. The van der Waals surface area contributed by atoms with Crippen molar-refractivity contribution in [2.24, 2.45) is 0 Å². The van der Waals surface area contributed by atoms with E-state index in [9.17, 15) is 22.3 Å². The molecule has 1 aromatic carbocycles. The minimum atomic E-state index is -3.24. The zero-order chi connectivity index (χ0) is 14.5. The van der Waals surface area contributed by atoms with E-state index in [0.29, 0.717) is 12.8 Å². The molecule has 2 aliphatic heterocycles. The Morgan fingerprint density at radius 2 is 1.75 bits per heavy atom. The molecule has 0 amide bonds. The molecule has 2 saturated heterocycles. The Kier molecular flexibility index (Phi) is 3.14. The molecule has 2 atom stereocenters. The summed E-state index contributed by atoms with van der Waals surface area (Å²) >= 11 is 0. The number of hydrogen-bond donors (Lipinski definition) is 1. The van der Waals surface area contributed by atoms with Gasteiger partial charge in [-0.15, -0.1) is 0 Å². The Bertz CT molecular complexity index is 622. The van der Waals surface area contributed by atoms with E-state index in [1.54, 1.807) is 0 Å². The van der Waals surface area contributed by atoms with Crippen LogP contribution in [0.1, 0.15) is 37.7 Å². The van der Waals surface area contributed by atoms with E-state index in [4.69, 9.17) is 0 Å². The molecule has 3 nitrogen and oxygen atoms in total. The van der Waals surface area contributed by atoms with E-state index in [2.05, 4.69) is 0 Å². The van der Waals surface area contributed by atoms with Gasteiger partial charge in [0.05, 0.1) is 16.1 Å². The van der Waals surface area contributed by atoms with Crippen molar-refractivity contribution in [1.29, 1.82) is 0 Å². The smallest absolute Gasteiger partial charge is 0.164 e. The number of hydrogen-bond acceptors (Lipinski definition) is 3. The van der Waals surface area contributed by atoms with E-state index in [1.165, 1.54) is 12.1 Å². The Morgan fingerprint density at radius 1 is 1.15 bits per heavy atom. The number of benzene rings is 1. The molecule has 0 spiro atoms. The highest BCUT2D eigenvalue weighted by atomic mass is 32.2. The first-order valence-corrected chi connectivity index (χ1v) is 8.35. The van der Waals surface area contributed by atoms with Crippen molar-refractivity contribution in [2.75, 3.05) is 0 Å². The van der Waals surface area contributed by atoms with Gasteiger partial charge in [0.15, 0.2) is 21.5 Å². The lowest BCUT2D eigenvalue weighted by Gasteiger charge is -2.44. The van der Waals surface area contributed by atoms with Gasteiger partial charge < -0.3 is 5.11 Å². The number of aliphatic hydroxyl groups is 1. The molecule has 20 heavy (non-hydrogen) atoms. The average Bonchev–Trinajstić information content (AvgIpc) is 2.35. The lowest BCUT2D eigenvalue weighted by Crippen LogP contribution is -2.50. The zero-order valence-electron chi connectivity index (χ0n) is 10.9. The van der Waals surface area contributed by atoms with Gasteiger partial charge in [-0.05, 0) is 31.7 Å². The molecule has 0 aliphatic carbocycles. The van der Waals surface area contributed by atoms with Gasteiger partial charge >= 0.3 is 0 Å². The molecule has 3 rings (SSSR count). The van der Waals surface area contributed by atoms with E-state index in [0.717, 1.165) is 12.5 Å². The van der Waals surface area contributed by atoms with Gasteiger partial charge in [0, 0.05) is 5.56 Å². The fourth-order valence-electron chi connectivity index (χ4n) is 3.53. The lowest BCUT2D eigenvalue weighted by molar-refractivity contribution is 0.00130. The number of halogens is 2. The van der Waals surface area contributed by atoms with Gasteiger partial charge in [-0.2, -0.15) is 0 Å². The number of fused-ring (bicyclic) bond motifs is 2. The molecule has 2 aliphatic rings. The summed E-state index contributed by atoms with van der Waals surface area (Å²) < 4.78 is 51.6. The number of rotatable bonds is 1. The maximum atomic E-state index is 13.9. The molecule has 1 N–H and O–H groups in total. The summed E-state index contributed by atoms with van der Waals surface area (Å²) in [4.78, 5) is 0. The van der Waals surface area contributed by atoms with Gasteiger partial charge in [-0.1, -0.05) is 18.6 Å². The largest absolute Gasteiger partial charge is 0.385 e. The summed E-state index contributed by atoms with van der Waals surface area (Å²) in [6.45, 7) is 0. The highest BCUT2D eigenvalue weighted by Crippen LogP contribution is 2.46. The van der Waals surface area contributed by atoms with Gasteiger partial charge in [0.2, 0.25) is 0 Å². The summed E-state index contributed by atoms with van der Waals surface area (Å²) in [5.41, 5.74) is -1.71.